The predicted octanol–water partition coefficient (Wildman–Crippen LogP) is 5.48. The fourth-order valence-electron chi connectivity index (χ4n) is 2.74. The van der Waals surface area contributed by atoms with Crippen molar-refractivity contribution in [3.8, 4) is 5.69 Å². The highest BCUT2D eigenvalue weighted by atomic mass is 35.5. The van der Waals surface area contributed by atoms with Crippen LogP contribution in [0.2, 0.25) is 10.0 Å². The molecule has 0 saturated carbocycles. The van der Waals surface area contributed by atoms with Crippen LogP contribution in [0.25, 0.3) is 5.69 Å². The first-order valence-corrected chi connectivity index (χ1v) is 10.8. The molecule has 0 radical (unpaired) electrons. The van der Waals surface area contributed by atoms with E-state index in [9.17, 15) is 4.79 Å². The number of benzene rings is 2. The number of aryl methyl sites for hydroxylation is 1. The Labute approximate surface area is 169 Å². The smallest absolute Gasteiger partial charge is 0.268 e. The lowest BCUT2D eigenvalue weighted by Gasteiger charge is -2.14. The van der Waals surface area contributed by atoms with Gasteiger partial charge in [-0.3, -0.25) is 9.36 Å². The van der Waals surface area contributed by atoms with Crippen molar-refractivity contribution in [1.29, 1.82) is 0 Å². The van der Waals surface area contributed by atoms with E-state index in [1.165, 1.54) is 0 Å². The van der Waals surface area contributed by atoms with E-state index >= 15 is 0 Å². The van der Waals surface area contributed by atoms with Crippen molar-refractivity contribution in [2.24, 2.45) is 0 Å². The van der Waals surface area contributed by atoms with Crippen LogP contribution in [0.15, 0.2) is 63.4 Å². The molecule has 0 saturated heterocycles. The van der Waals surface area contributed by atoms with Crippen LogP contribution >= 0.6 is 46.7 Å². The largest absolute Gasteiger partial charge is 0.272 e. The van der Waals surface area contributed by atoms with Crippen molar-refractivity contribution in [2.45, 2.75) is 22.2 Å². The molecule has 7 heteroatoms. The summed E-state index contributed by atoms with van der Waals surface area (Å²) in [4.78, 5) is 18.6. The molecule has 1 aliphatic rings. The van der Waals surface area contributed by atoms with Gasteiger partial charge in [-0.15, -0.1) is 11.8 Å². The molecule has 3 aromatic rings. The summed E-state index contributed by atoms with van der Waals surface area (Å²) in [5.41, 5.74) is 2.81. The van der Waals surface area contributed by atoms with Crippen LogP contribution in [-0.2, 0) is 12.2 Å². The number of rotatable bonds is 4. The van der Waals surface area contributed by atoms with E-state index in [-0.39, 0.29) is 5.56 Å². The lowest BCUT2D eigenvalue weighted by atomic mass is 10.2. The van der Waals surface area contributed by atoms with Gasteiger partial charge in [-0.05, 0) is 42.0 Å². The minimum atomic E-state index is -0.00146. The van der Waals surface area contributed by atoms with Gasteiger partial charge in [0.15, 0.2) is 5.16 Å². The standard InChI is InChI=1S/C19H14Cl2N2OS2/c20-13-3-1-12(2-4-13)11-26-19-22-16-9-10-25-17(16)18(24)23(19)15-7-5-14(21)6-8-15/h1-8H,9-11H2. The third-order valence-corrected chi connectivity index (χ3v) is 6.65. The summed E-state index contributed by atoms with van der Waals surface area (Å²) < 4.78 is 1.69. The van der Waals surface area contributed by atoms with E-state index in [0.717, 1.165) is 34.0 Å². The highest BCUT2D eigenvalue weighted by Gasteiger charge is 2.22. The summed E-state index contributed by atoms with van der Waals surface area (Å²) in [7, 11) is 0. The molecule has 2 heterocycles. The molecule has 0 bridgehead atoms. The summed E-state index contributed by atoms with van der Waals surface area (Å²) in [6, 6.07) is 15.0. The number of halogens is 2. The van der Waals surface area contributed by atoms with Crippen LogP contribution in [0.5, 0.6) is 0 Å². The molecule has 0 aliphatic carbocycles. The summed E-state index contributed by atoms with van der Waals surface area (Å²) in [6.07, 6.45) is 0.838. The molecule has 132 valence electrons. The fourth-order valence-corrected chi connectivity index (χ4v) is 5.00. The maximum absolute atomic E-state index is 13.1. The molecular weight excluding hydrogens is 407 g/mol. The van der Waals surface area contributed by atoms with Gasteiger partial charge in [-0.1, -0.05) is 47.1 Å². The van der Waals surface area contributed by atoms with E-state index in [4.69, 9.17) is 28.2 Å². The van der Waals surface area contributed by atoms with Gasteiger partial charge in [0.25, 0.3) is 5.56 Å². The molecule has 1 aliphatic heterocycles. The van der Waals surface area contributed by atoms with Gasteiger partial charge >= 0.3 is 0 Å². The topological polar surface area (TPSA) is 34.9 Å². The quantitative estimate of drug-likeness (QED) is 0.413. The van der Waals surface area contributed by atoms with E-state index in [1.54, 1.807) is 40.2 Å². The van der Waals surface area contributed by atoms with Crippen molar-refractivity contribution in [3.05, 3.63) is 80.2 Å². The average molecular weight is 421 g/mol. The number of hydrogen-bond acceptors (Lipinski definition) is 4. The number of thioether (sulfide) groups is 2. The van der Waals surface area contributed by atoms with E-state index in [1.807, 2.05) is 36.4 Å². The maximum Gasteiger partial charge on any atom is 0.272 e. The van der Waals surface area contributed by atoms with Gasteiger partial charge in [-0.25, -0.2) is 4.98 Å². The van der Waals surface area contributed by atoms with Crippen molar-refractivity contribution in [3.63, 3.8) is 0 Å². The first-order chi connectivity index (χ1) is 12.6. The minimum Gasteiger partial charge on any atom is -0.268 e. The van der Waals surface area contributed by atoms with Crippen molar-refractivity contribution < 1.29 is 0 Å². The van der Waals surface area contributed by atoms with Crippen molar-refractivity contribution >= 4 is 46.7 Å². The zero-order chi connectivity index (χ0) is 18.1. The summed E-state index contributed by atoms with van der Waals surface area (Å²) in [5.74, 6) is 1.62. The molecule has 0 fully saturated rings. The molecule has 2 aromatic carbocycles. The van der Waals surface area contributed by atoms with Gasteiger partial charge in [0.1, 0.15) is 0 Å². The molecular formula is C19H14Cl2N2OS2. The SMILES string of the molecule is O=c1c2c(nc(SCc3ccc(Cl)cc3)n1-c1ccc(Cl)cc1)CCS2. The Morgan fingerprint density at radius 1 is 1.04 bits per heavy atom. The summed E-state index contributed by atoms with van der Waals surface area (Å²) in [5, 5.41) is 2.05. The first-order valence-electron chi connectivity index (χ1n) is 8.04. The third-order valence-electron chi connectivity index (χ3n) is 4.03. The second kappa shape index (κ2) is 7.69. The highest BCUT2D eigenvalue weighted by Crippen LogP contribution is 2.31. The molecule has 1 aromatic heterocycles. The Morgan fingerprint density at radius 3 is 2.38 bits per heavy atom. The first kappa shape index (κ1) is 18.0. The van der Waals surface area contributed by atoms with E-state index in [2.05, 4.69) is 0 Å². The van der Waals surface area contributed by atoms with Crippen LogP contribution in [0.1, 0.15) is 11.3 Å². The lowest BCUT2D eigenvalue weighted by molar-refractivity contribution is 0.739. The molecule has 0 spiro atoms. The lowest BCUT2D eigenvalue weighted by Crippen LogP contribution is -2.23. The van der Waals surface area contributed by atoms with Gasteiger partial charge < -0.3 is 0 Å². The Bertz CT molecular complexity index is 1000. The molecule has 4 rings (SSSR count). The van der Waals surface area contributed by atoms with Crippen molar-refractivity contribution in [1.82, 2.24) is 9.55 Å². The Hall–Kier alpha value is -1.40. The highest BCUT2D eigenvalue weighted by molar-refractivity contribution is 7.99. The molecule has 0 unspecified atom stereocenters. The van der Waals surface area contributed by atoms with Crippen LogP contribution in [0.3, 0.4) is 0 Å². The van der Waals surface area contributed by atoms with Gasteiger partial charge in [-0.2, -0.15) is 0 Å². The van der Waals surface area contributed by atoms with Crippen LogP contribution < -0.4 is 5.56 Å². The number of aromatic nitrogens is 2. The molecule has 0 atom stereocenters. The van der Waals surface area contributed by atoms with Crippen molar-refractivity contribution in [2.75, 3.05) is 5.75 Å². The summed E-state index contributed by atoms with van der Waals surface area (Å²) in [6.45, 7) is 0. The molecule has 0 amide bonds. The number of hydrogen-bond donors (Lipinski definition) is 0. The zero-order valence-electron chi connectivity index (χ0n) is 13.6. The minimum absolute atomic E-state index is 0.00146. The monoisotopic (exact) mass is 420 g/mol. The van der Waals surface area contributed by atoms with E-state index in [0.29, 0.717) is 21.0 Å². The molecule has 0 N–H and O–H groups in total. The Kier molecular flexibility index (Phi) is 5.32. The molecule has 26 heavy (non-hydrogen) atoms. The van der Waals surface area contributed by atoms with Gasteiger partial charge in [0.05, 0.1) is 16.3 Å². The third kappa shape index (κ3) is 3.67. The van der Waals surface area contributed by atoms with Gasteiger partial charge in [0, 0.05) is 28.0 Å². The average Bonchev–Trinajstić information content (AvgIpc) is 3.11. The number of fused-ring (bicyclic) bond motifs is 1. The second-order valence-corrected chi connectivity index (χ2v) is 8.72. The normalized spacial score (nSPS) is 13.0. The Balaban J connectivity index is 1.75. The fraction of sp³-hybridized carbons (Fsp3) is 0.158. The van der Waals surface area contributed by atoms with Crippen LogP contribution in [0, 0.1) is 0 Å². The summed E-state index contributed by atoms with van der Waals surface area (Å²) >= 11 is 15.1. The number of nitrogens with zero attached hydrogens (tertiary/aromatic N) is 2. The van der Waals surface area contributed by atoms with E-state index < -0.39 is 0 Å². The maximum atomic E-state index is 13.1. The molecule has 3 nitrogen and oxygen atoms in total. The van der Waals surface area contributed by atoms with Crippen LogP contribution in [0.4, 0.5) is 0 Å². The zero-order valence-corrected chi connectivity index (χ0v) is 16.8. The second-order valence-electron chi connectivity index (χ2n) is 5.80. The van der Waals surface area contributed by atoms with Crippen LogP contribution in [-0.4, -0.2) is 15.3 Å². The Morgan fingerprint density at radius 2 is 1.69 bits per heavy atom. The predicted molar refractivity (Wildman–Crippen MR) is 110 cm³/mol. The van der Waals surface area contributed by atoms with Gasteiger partial charge in [0.2, 0.25) is 0 Å².